The molecule has 0 N–H and O–H groups in total. The number of hydrogen-bond acceptors (Lipinski definition) is 4. The van der Waals surface area contributed by atoms with E-state index in [-0.39, 0.29) is 18.1 Å². The highest BCUT2D eigenvalue weighted by Gasteiger charge is 2.19. The lowest BCUT2D eigenvalue weighted by Gasteiger charge is -2.09. The summed E-state index contributed by atoms with van der Waals surface area (Å²) in [6, 6.07) is 0. The molecule has 0 rings (SSSR count). The molecule has 0 aromatic rings. The summed E-state index contributed by atoms with van der Waals surface area (Å²) in [6.07, 6.45) is 3.16. The van der Waals surface area contributed by atoms with Gasteiger partial charge in [0.15, 0.2) is 0 Å². The van der Waals surface area contributed by atoms with Gasteiger partial charge in [0.25, 0.3) is 0 Å². The van der Waals surface area contributed by atoms with Crippen LogP contribution in [-0.4, -0.2) is 18.4 Å². The molecule has 0 aromatic heterocycles. The van der Waals surface area contributed by atoms with Crippen LogP contribution in [-0.2, 0) is 19.4 Å². The van der Waals surface area contributed by atoms with E-state index in [1.54, 1.807) is 0 Å². The monoisotopic (exact) mass is 230 g/mol. The first-order valence-electron chi connectivity index (χ1n) is 6.00. The summed E-state index contributed by atoms with van der Waals surface area (Å²) < 4.78 is 0. The lowest BCUT2D eigenvalue weighted by Crippen LogP contribution is -2.18. The summed E-state index contributed by atoms with van der Waals surface area (Å²) in [7, 11) is 0. The minimum absolute atomic E-state index is 0.0387. The Morgan fingerprint density at radius 3 is 2.25 bits per heavy atom. The summed E-state index contributed by atoms with van der Waals surface area (Å²) in [5.41, 5.74) is 0. The zero-order chi connectivity index (χ0) is 12.4. The van der Waals surface area contributed by atoms with Crippen LogP contribution in [0.1, 0.15) is 52.9 Å². The van der Waals surface area contributed by atoms with Gasteiger partial charge in [-0.05, 0) is 19.3 Å². The van der Waals surface area contributed by atoms with E-state index in [0.717, 1.165) is 25.7 Å². The molecular weight excluding hydrogens is 208 g/mol. The van der Waals surface area contributed by atoms with Gasteiger partial charge in [0, 0.05) is 5.92 Å². The lowest BCUT2D eigenvalue weighted by molar-refractivity contribution is -0.272. The van der Waals surface area contributed by atoms with Crippen molar-refractivity contribution in [1.29, 1.82) is 0 Å². The second-order valence-corrected chi connectivity index (χ2v) is 3.79. The molecule has 0 saturated carbocycles. The van der Waals surface area contributed by atoms with Gasteiger partial charge in [0.1, 0.15) is 12.2 Å². The average Bonchev–Trinajstić information content (AvgIpc) is 2.26. The number of ketones is 1. The fraction of sp³-hybridized carbons (Fsp3) is 0.833. The molecule has 16 heavy (non-hydrogen) atoms. The van der Waals surface area contributed by atoms with Gasteiger partial charge in [-0.25, -0.2) is 4.79 Å². The first-order valence-corrected chi connectivity index (χ1v) is 6.00. The zero-order valence-corrected chi connectivity index (χ0v) is 10.5. The number of carbonyl (C=O) groups is 2. The Morgan fingerprint density at radius 1 is 1.12 bits per heavy atom. The molecule has 0 unspecified atom stereocenters. The van der Waals surface area contributed by atoms with Crippen LogP contribution in [0.5, 0.6) is 0 Å². The molecule has 0 aromatic carbocycles. The summed E-state index contributed by atoms with van der Waals surface area (Å²) in [5, 5.41) is 0. The highest BCUT2D eigenvalue weighted by Crippen LogP contribution is 2.11. The van der Waals surface area contributed by atoms with Crippen LogP contribution in [0.15, 0.2) is 0 Å². The molecule has 0 bridgehead atoms. The Hall–Kier alpha value is -0.900. The molecular formula is C12H22O4. The molecule has 0 aliphatic carbocycles. The second-order valence-electron chi connectivity index (χ2n) is 3.79. The Morgan fingerprint density at radius 2 is 1.75 bits per heavy atom. The Bertz CT molecular complexity index is 209. The quantitative estimate of drug-likeness (QED) is 0.264. The van der Waals surface area contributed by atoms with Crippen LogP contribution in [0.2, 0.25) is 0 Å². The normalized spacial score (nSPS) is 10.5. The average molecular weight is 230 g/mol. The molecule has 0 aliphatic rings. The maximum absolute atomic E-state index is 11.5. The molecule has 94 valence electrons. The van der Waals surface area contributed by atoms with E-state index >= 15 is 0 Å². The molecule has 0 amide bonds. The van der Waals surface area contributed by atoms with Gasteiger partial charge in [-0.1, -0.05) is 27.2 Å². The Labute approximate surface area is 97.2 Å². The highest BCUT2D eigenvalue weighted by molar-refractivity contribution is 5.96. The van der Waals surface area contributed by atoms with E-state index in [2.05, 4.69) is 9.78 Å². The smallest absolute Gasteiger partial charge is 0.299 e. The van der Waals surface area contributed by atoms with Crippen LogP contribution < -0.4 is 0 Å². The molecule has 0 atom stereocenters. The van der Waals surface area contributed by atoms with E-state index in [0.29, 0.717) is 6.61 Å². The Balaban J connectivity index is 3.73. The fourth-order valence-electron chi connectivity index (χ4n) is 1.37. The molecule has 0 heterocycles. The molecule has 0 fully saturated rings. The highest BCUT2D eigenvalue weighted by atomic mass is 17.2. The van der Waals surface area contributed by atoms with Crippen LogP contribution in [0.25, 0.3) is 0 Å². The minimum atomic E-state index is -0.590. The van der Waals surface area contributed by atoms with Crippen LogP contribution >= 0.6 is 0 Å². The standard InChI is InChI=1S/C12H22O4/c1-4-7-8-15-16-12(14)9-11(13)10(5-2)6-3/h10H,4-9H2,1-3H3. The number of hydrogen-bond donors (Lipinski definition) is 0. The third-order valence-corrected chi connectivity index (χ3v) is 2.49. The summed E-state index contributed by atoms with van der Waals surface area (Å²) in [5.74, 6) is -0.690. The molecule has 0 aliphatic heterocycles. The van der Waals surface area contributed by atoms with Crippen molar-refractivity contribution >= 4 is 11.8 Å². The van der Waals surface area contributed by atoms with Crippen molar-refractivity contribution < 1.29 is 19.4 Å². The molecule has 0 radical (unpaired) electrons. The van der Waals surface area contributed by atoms with Gasteiger partial charge in [-0.3, -0.25) is 9.68 Å². The second kappa shape index (κ2) is 9.33. The van der Waals surface area contributed by atoms with Crippen molar-refractivity contribution in [2.75, 3.05) is 6.61 Å². The maximum Gasteiger partial charge on any atom is 0.349 e. The van der Waals surface area contributed by atoms with Gasteiger partial charge in [0.05, 0.1) is 6.61 Å². The Kier molecular flexibility index (Phi) is 8.81. The van der Waals surface area contributed by atoms with Gasteiger partial charge in [-0.15, -0.1) is 0 Å². The predicted molar refractivity (Wildman–Crippen MR) is 60.6 cm³/mol. The summed E-state index contributed by atoms with van der Waals surface area (Å²) in [4.78, 5) is 31.9. The fourth-order valence-corrected chi connectivity index (χ4v) is 1.37. The predicted octanol–water partition coefficient (Wildman–Crippen LogP) is 2.66. The van der Waals surface area contributed by atoms with E-state index in [4.69, 9.17) is 0 Å². The lowest BCUT2D eigenvalue weighted by atomic mass is 9.96. The molecule has 4 heteroatoms. The third-order valence-electron chi connectivity index (χ3n) is 2.49. The third kappa shape index (κ3) is 6.56. The van der Waals surface area contributed by atoms with Gasteiger partial charge in [0.2, 0.25) is 0 Å². The van der Waals surface area contributed by atoms with Crippen molar-refractivity contribution in [3.05, 3.63) is 0 Å². The zero-order valence-electron chi connectivity index (χ0n) is 10.5. The van der Waals surface area contributed by atoms with Crippen molar-refractivity contribution in [1.82, 2.24) is 0 Å². The molecule has 0 saturated heterocycles. The molecule has 4 nitrogen and oxygen atoms in total. The first kappa shape index (κ1) is 15.1. The van der Waals surface area contributed by atoms with Gasteiger partial charge >= 0.3 is 5.97 Å². The van der Waals surface area contributed by atoms with Crippen LogP contribution in [0.4, 0.5) is 0 Å². The molecule has 0 spiro atoms. The van der Waals surface area contributed by atoms with E-state index in [1.165, 1.54) is 0 Å². The largest absolute Gasteiger partial charge is 0.349 e. The number of carbonyl (C=O) groups excluding carboxylic acids is 2. The summed E-state index contributed by atoms with van der Waals surface area (Å²) in [6.45, 7) is 6.29. The maximum atomic E-state index is 11.5. The minimum Gasteiger partial charge on any atom is -0.299 e. The van der Waals surface area contributed by atoms with E-state index < -0.39 is 5.97 Å². The van der Waals surface area contributed by atoms with Gasteiger partial charge < -0.3 is 0 Å². The van der Waals surface area contributed by atoms with Crippen molar-refractivity contribution in [3.8, 4) is 0 Å². The topological polar surface area (TPSA) is 52.6 Å². The van der Waals surface area contributed by atoms with Crippen LogP contribution in [0, 0.1) is 5.92 Å². The van der Waals surface area contributed by atoms with Crippen molar-refractivity contribution in [2.24, 2.45) is 5.92 Å². The van der Waals surface area contributed by atoms with Crippen molar-refractivity contribution in [2.45, 2.75) is 52.9 Å². The number of Topliss-reactive ketones (excluding diaryl/α,β-unsaturated/α-hetero) is 1. The van der Waals surface area contributed by atoms with Crippen LogP contribution in [0.3, 0.4) is 0 Å². The first-order chi connectivity index (χ1) is 7.65. The summed E-state index contributed by atoms with van der Waals surface area (Å²) >= 11 is 0. The van der Waals surface area contributed by atoms with Gasteiger partial charge in [-0.2, -0.15) is 4.89 Å². The SMILES string of the molecule is CCCCOOC(=O)CC(=O)C(CC)CC. The van der Waals surface area contributed by atoms with E-state index in [9.17, 15) is 9.59 Å². The van der Waals surface area contributed by atoms with E-state index in [1.807, 2.05) is 20.8 Å². The number of unbranched alkanes of at least 4 members (excludes halogenated alkanes) is 1. The number of rotatable bonds is 9. The van der Waals surface area contributed by atoms with Crippen molar-refractivity contribution in [3.63, 3.8) is 0 Å².